The largest absolute Gasteiger partial charge is 0.373 e. The Labute approximate surface area is 83.2 Å². The summed E-state index contributed by atoms with van der Waals surface area (Å²) in [5.74, 6) is 4.31. The van der Waals surface area contributed by atoms with Crippen molar-refractivity contribution in [2.75, 3.05) is 0 Å². The highest BCUT2D eigenvalue weighted by Gasteiger charge is 2.00. The average molecular weight is 202 g/mol. The highest BCUT2D eigenvalue weighted by Crippen LogP contribution is 2.02. The molecule has 0 fully saturated rings. The maximum absolute atomic E-state index is 10.6. The predicted octanol–water partition coefficient (Wildman–Crippen LogP) is 1.46. The van der Waals surface area contributed by atoms with Gasteiger partial charge >= 0.3 is 5.97 Å². The zero-order valence-electron chi connectivity index (χ0n) is 7.10. The van der Waals surface area contributed by atoms with E-state index < -0.39 is 0 Å². The monoisotopic (exact) mass is 201 g/mol. The quantitative estimate of drug-likeness (QED) is 0.754. The molecule has 0 aromatic heterocycles. The maximum Gasteiger partial charge on any atom is 0.324 e. The molecule has 0 saturated carbocycles. The molecule has 0 amide bonds. The summed E-state index contributed by atoms with van der Waals surface area (Å²) in [6.07, 6.45) is 1.01. The molecule has 0 unspecified atom stereocenters. The van der Waals surface area contributed by atoms with Crippen LogP contribution < -0.4 is 5.90 Å². The molecule has 0 spiro atoms. The number of benzene rings is 1. The lowest BCUT2D eigenvalue weighted by Gasteiger charge is -1.98. The van der Waals surface area contributed by atoms with Crippen molar-refractivity contribution in [1.29, 1.82) is 0 Å². The second-order valence-electron chi connectivity index (χ2n) is 2.48. The first-order valence-corrected chi connectivity index (χ1v) is 3.76. The number of carbonyl (C=O) groups excluding carboxylic acids is 1. The van der Waals surface area contributed by atoms with Gasteiger partial charge in [-0.2, -0.15) is 5.90 Å². The van der Waals surface area contributed by atoms with Crippen molar-refractivity contribution in [3.05, 3.63) is 35.9 Å². The van der Waals surface area contributed by atoms with E-state index in [0.29, 0.717) is 12.8 Å². The van der Waals surface area contributed by atoms with Gasteiger partial charge in [-0.15, -0.1) is 12.4 Å². The number of hydrogen-bond donors (Lipinski definition) is 1. The van der Waals surface area contributed by atoms with E-state index >= 15 is 0 Å². The summed E-state index contributed by atoms with van der Waals surface area (Å²) in [5.41, 5.74) is 1.11. The molecule has 2 N–H and O–H groups in total. The van der Waals surface area contributed by atoms with Gasteiger partial charge in [0.05, 0.1) is 6.42 Å². The van der Waals surface area contributed by atoms with Crippen LogP contribution in [-0.4, -0.2) is 5.97 Å². The van der Waals surface area contributed by atoms with Crippen molar-refractivity contribution < 1.29 is 9.63 Å². The van der Waals surface area contributed by atoms with Crippen LogP contribution in [0.1, 0.15) is 12.0 Å². The molecule has 4 heteroatoms. The number of hydrogen-bond acceptors (Lipinski definition) is 3. The van der Waals surface area contributed by atoms with E-state index in [1.165, 1.54) is 0 Å². The molecule has 0 saturated heterocycles. The van der Waals surface area contributed by atoms with Crippen LogP contribution in [0.15, 0.2) is 30.3 Å². The highest BCUT2D eigenvalue weighted by atomic mass is 35.5. The van der Waals surface area contributed by atoms with Crippen LogP contribution in [0.2, 0.25) is 0 Å². The molecule has 3 nitrogen and oxygen atoms in total. The number of halogens is 1. The molecule has 1 aromatic rings. The number of carbonyl (C=O) groups is 1. The van der Waals surface area contributed by atoms with E-state index in [2.05, 4.69) is 10.7 Å². The SMILES string of the molecule is Cl.NOC(=O)CCc1ccccc1. The maximum atomic E-state index is 10.6. The van der Waals surface area contributed by atoms with Crippen molar-refractivity contribution >= 4 is 18.4 Å². The zero-order chi connectivity index (χ0) is 8.81. The predicted molar refractivity (Wildman–Crippen MR) is 52.3 cm³/mol. The van der Waals surface area contributed by atoms with Crippen LogP contribution in [0, 0.1) is 0 Å². The lowest BCUT2D eigenvalue weighted by molar-refractivity contribution is -0.144. The Balaban J connectivity index is 0.00000144. The van der Waals surface area contributed by atoms with Crippen LogP contribution in [0.25, 0.3) is 0 Å². The fraction of sp³-hybridized carbons (Fsp3) is 0.222. The first-order valence-electron chi connectivity index (χ1n) is 3.76. The Morgan fingerprint density at radius 3 is 2.46 bits per heavy atom. The minimum atomic E-state index is -0.376. The Bertz CT molecular complexity index is 251. The summed E-state index contributed by atoms with van der Waals surface area (Å²) >= 11 is 0. The van der Waals surface area contributed by atoms with Crippen LogP contribution in [0.3, 0.4) is 0 Å². The summed E-state index contributed by atoms with van der Waals surface area (Å²) < 4.78 is 0. The third-order valence-corrected chi connectivity index (χ3v) is 1.59. The van der Waals surface area contributed by atoms with E-state index in [-0.39, 0.29) is 18.4 Å². The lowest BCUT2D eigenvalue weighted by Crippen LogP contribution is -2.10. The molecule has 0 aliphatic carbocycles. The average Bonchev–Trinajstić information content (AvgIpc) is 2.16. The standard InChI is InChI=1S/C9H11NO2.ClH/c10-12-9(11)7-6-8-4-2-1-3-5-8;/h1-5H,6-7,10H2;1H. The smallest absolute Gasteiger partial charge is 0.324 e. The third kappa shape index (κ3) is 4.50. The summed E-state index contributed by atoms with van der Waals surface area (Å²) in [7, 11) is 0. The topological polar surface area (TPSA) is 52.3 Å². The summed E-state index contributed by atoms with van der Waals surface area (Å²) in [6, 6.07) is 9.73. The van der Waals surface area contributed by atoms with Gasteiger partial charge < -0.3 is 4.84 Å². The van der Waals surface area contributed by atoms with Gasteiger partial charge in [0.15, 0.2) is 0 Å². The van der Waals surface area contributed by atoms with E-state index in [9.17, 15) is 4.79 Å². The molecular formula is C9H12ClNO2. The van der Waals surface area contributed by atoms with Crippen molar-refractivity contribution in [3.8, 4) is 0 Å². The van der Waals surface area contributed by atoms with Gasteiger partial charge in [-0.3, -0.25) is 4.79 Å². The van der Waals surface area contributed by atoms with Crippen molar-refractivity contribution in [2.24, 2.45) is 5.90 Å². The molecule has 1 rings (SSSR count). The molecule has 72 valence electrons. The summed E-state index contributed by atoms with van der Waals surface area (Å²) in [4.78, 5) is 14.7. The van der Waals surface area contributed by atoms with Gasteiger partial charge in [-0.1, -0.05) is 30.3 Å². The van der Waals surface area contributed by atoms with Crippen LogP contribution in [0.4, 0.5) is 0 Å². The third-order valence-electron chi connectivity index (χ3n) is 1.59. The lowest BCUT2D eigenvalue weighted by atomic mass is 10.1. The summed E-state index contributed by atoms with van der Waals surface area (Å²) in [5, 5.41) is 0. The Kier molecular flexibility index (Phi) is 5.93. The van der Waals surface area contributed by atoms with Crippen molar-refractivity contribution in [1.82, 2.24) is 0 Å². The molecule has 0 atom stereocenters. The molecule has 13 heavy (non-hydrogen) atoms. The van der Waals surface area contributed by atoms with Crippen LogP contribution in [0.5, 0.6) is 0 Å². The summed E-state index contributed by atoms with van der Waals surface area (Å²) in [6.45, 7) is 0. The normalized spacial score (nSPS) is 8.69. The number of rotatable bonds is 3. The van der Waals surface area contributed by atoms with Crippen molar-refractivity contribution in [3.63, 3.8) is 0 Å². The van der Waals surface area contributed by atoms with Gasteiger partial charge in [-0.05, 0) is 12.0 Å². The fourth-order valence-corrected chi connectivity index (χ4v) is 0.950. The minimum absolute atomic E-state index is 0. The van der Waals surface area contributed by atoms with Crippen LogP contribution in [-0.2, 0) is 16.1 Å². The molecule has 0 heterocycles. The first kappa shape index (κ1) is 11.9. The Hall–Kier alpha value is -1.06. The van der Waals surface area contributed by atoms with Crippen molar-refractivity contribution in [2.45, 2.75) is 12.8 Å². The Morgan fingerprint density at radius 2 is 1.92 bits per heavy atom. The van der Waals surface area contributed by atoms with E-state index in [0.717, 1.165) is 5.56 Å². The highest BCUT2D eigenvalue weighted by molar-refractivity contribution is 5.85. The van der Waals surface area contributed by atoms with E-state index in [1.807, 2.05) is 30.3 Å². The molecule has 1 aromatic carbocycles. The Morgan fingerprint density at radius 1 is 1.31 bits per heavy atom. The van der Waals surface area contributed by atoms with E-state index in [1.54, 1.807) is 0 Å². The van der Waals surface area contributed by atoms with E-state index in [4.69, 9.17) is 0 Å². The second-order valence-corrected chi connectivity index (χ2v) is 2.48. The molecule has 0 radical (unpaired) electrons. The van der Waals surface area contributed by atoms with Gasteiger partial charge in [0.25, 0.3) is 0 Å². The number of aryl methyl sites for hydroxylation is 1. The minimum Gasteiger partial charge on any atom is -0.373 e. The molecule has 0 bridgehead atoms. The first-order chi connectivity index (χ1) is 5.83. The molecular weight excluding hydrogens is 190 g/mol. The molecule has 0 aliphatic heterocycles. The zero-order valence-corrected chi connectivity index (χ0v) is 7.92. The second kappa shape index (κ2) is 6.46. The molecule has 0 aliphatic rings. The van der Waals surface area contributed by atoms with Gasteiger partial charge in [0, 0.05) is 0 Å². The van der Waals surface area contributed by atoms with Crippen LogP contribution >= 0.6 is 12.4 Å². The van der Waals surface area contributed by atoms with Gasteiger partial charge in [0.2, 0.25) is 0 Å². The van der Waals surface area contributed by atoms with Gasteiger partial charge in [0.1, 0.15) is 0 Å². The fourth-order valence-electron chi connectivity index (χ4n) is 0.950. The number of nitrogens with two attached hydrogens (primary N) is 1. The van der Waals surface area contributed by atoms with Gasteiger partial charge in [-0.25, -0.2) is 0 Å².